The fraction of sp³-hybridized carbons (Fsp3) is 0.400. The summed E-state index contributed by atoms with van der Waals surface area (Å²) in [6, 6.07) is 1.71. The second-order valence-corrected chi connectivity index (χ2v) is 7.49. The fourth-order valence-electron chi connectivity index (χ4n) is 2.53. The molecule has 2 aromatic heterocycles. The van der Waals surface area contributed by atoms with Gasteiger partial charge in [0.15, 0.2) is 0 Å². The highest BCUT2D eigenvalue weighted by atomic mass is 32.1. The van der Waals surface area contributed by atoms with Crippen LogP contribution in [0, 0.1) is 5.92 Å². The van der Waals surface area contributed by atoms with Gasteiger partial charge in [0.2, 0.25) is 0 Å². The summed E-state index contributed by atoms with van der Waals surface area (Å²) in [5, 5.41) is 16.6. The minimum Gasteiger partial charge on any atom is -0.477 e. The van der Waals surface area contributed by atoms with Crippen molar-refractivity contribution in [2.24, 2.45) is 5.92 Å². The van der Waals surface area contributed by atoms with Crippen LogP contribution in [0.5, 0.6) is 0 Å². The van der Waals surface area contributed by atoms with Crippen LogP contribution in [0.2, 0.25) is 0 Å². The van der Waals surface area contributed by atoms with Gasteiger partial charge < -0.3 is 15.3 Å². The number of rotatable bonds is 5. The molecule has 1 aliphatic heterocycles. The smallest absolute Gasteiger partial charge is 0.347 e. The van der Waals surface area contributed by atoms with E-state index in [1.165, 1.54) is 11.8 Å². The van der Waals surface area contributed by atoms with Crippen LogP contribution in [0.1, 0.15) is 33.2 Å². The molecular formula is C15H17N3O3S2. The molecule has 23 heavy (non-hydrogen) atoms. The predicted molar refractivity (Wildman–Crippen MR) is 89.1 cm³/mol. The van der Waals surface area contributed by atoms with Crippen LogP contribution >= 0.6 is 22.7 Å². The highest BCUT2D eigenvalue weighted by molar-refractivity contribution is 7.13. The maximum absolute atomic E-state index is 12.2. The molecule has 0 saturated carbocycles. The predicted octanol–water partition coefficient (Wildman–Crippen LogP) is 2.85. The Morgan fingerprint density at radius 2 is 2.30 bits per heavy atom. The van der Waals surface area contributed by atoms with Crippen molar-refractivity contribution in [2.75, 3.05) is 13.1 Å². The molecule has 1 atom stereocenters. The summed E-state index contributed by atoms with van der Waals surface area (Å²) in [5.74, 6) is -0.476. The number of carboxylic acid groups (broad SMARTS) is 1. The number of aromatic carboxylic acids is 1. The summed E-state index contributed by atoms with van der Waals surface area (Å²) in [5.41, 5.74) is 1.33. The van der Waals surface area contributed by atoms with Gasteiger partial charge in [-0.05, 0) is 41.7 Å². The quantitative estimate of drug-likeness (QED) is 0.868. The lowest BCUT2D eigenvalue weighted by molar-refractivity contribution is 0.0702. The number of carboxylic acids is 1. The van der Waals surface area contributed by atoms with E-state index in [4.69, 9.17) is 5.11 Å². The zero-order valence-electron chi connectivity index (χ0n) is 12.6. The molecule has 3 heterocycles. The monoisotopic (exact) mass is 351 g/mol. The Hall–Kier alpha value is -1.93. The van der Waals surface area contributed by atoms with Gasteiger partial charge in [0.25, 0.3) is 0 Å². The van der Waals surface area contributed by atoms with Crippen LogP contribution in [0.4, 0.5) is 4.79 Å². The summed E-state index contributed by atoms with van der Waals surface area (Å²) in [6.45, 7) is 3.32. The maximum atomic E-state index is 12.2. The molecule has 6 nitrogen and oxygen atoms in total. The largest absolute Gasteiger partial charge is 0.477 e. The van der Waals surface area contributed by atoms with E-state index in [0.29, 0.717) is 10.9 Å². The van der Waals surface area contributed by atoms with E-state index >= 15 is 0 Å². The summed E-state index contributed by atoms with van der Waals surface area (Å²) in [4.78, 5) is 29.1. The van der Waals surface area contributed by atoms with Gasteiger partial charge >= 0.3 is 12.0 Å². The van der Waals surface area contributed by atoms with Crippen LogP contribution in [0.3, 0.4) is 0 Å². The number of amides is 2. The molecule has 1 saturated heterocycles. The van der Waals surface area contributed by atoms with Crippen molar-refractivity contribution in [3.8, 4) is 0 Å². The number of likely N-dealkylation sites (tertiary alicyclic amines) is 1. The molecule has 0 bridgehead atoms. The van der Waals surface area contributed by atoms with Crippen molar-refractivity contribution in [1.29, 1.82) is 0 Å². The molecule has 2 aromatic rings. The Kier molecular flexibility index (Phi) is 4.63. The first kappa shape index (κ1) is 15.9. The average Bonchev–Trinajstić information content (AvgIpc) is 3.13. The molecule has 122 valence electrons. The Morgan fingerprint density at radius 3 is 2.91 bits per heavy atom. The van der Waals surface area contributed by atoms with Gasteiger partial charge in [0, 0.05) is 13.1 Å². The molecule has 2 N–H and O–H groups in total. The van der Waals surface area contributed by atoms with E-state index < -0.39 is 5.97 Å². The van der Waals surface area contributed by atoms with Crippen LogP contribution in [-0.4, -0.2) is 40.1 Å². The lowest BCUT2D eigenvalue weighted by atomic mass is 9.94. The molecule has 1 unspecified atom stereocenters. The third kappa shape index (κ3) is 3.70. The van der Waals surface area contributed by atoms with E-state index in [1.54, 1.807) is 16.2 Å². The van der Waals surface area contributed by atoms with Crippen molar-refractivity contribution in [2.45, 2.75) is 19.4 Å². The Labute approximate surface area is 141 Å². The molecule has 0 spiro atoms. The molecule has 1 aliphatic rings. The number of thiazole rings is 1. The normalized spacial score (nSPS) is 16.0. The highest BCUT2D eigenvalue weighted by Crippen LogP contribution is 2.24. The van der Waals surface area contributed by atoms with Gasteiger partial charge in [-0.3, -0.25) is 0 Å². The van der Waals surface area contributed by atoms with Gasteiger partial charge in [-0.15, -0.1) is 11.3 Å². The molecule has 3 rings (SSSR count). The van der Waals surface area contributed by atoms with Crippen molar-refractivity contribution in [1.82, 2.24) is 15.2 Å². The zero-order valence-corrected chi connectivity index (χ0v) is 14.2. The number of hydrogen-bond acceptors (Lipinski definition) is 5. The SMILES string of the molecule is CC(NC(=O)N1CC(Cc2ccsc2)C1)c1ncc(C(=O)O)s1. The van der Waals surface area contributed by atoms with Crippen molar-refractivity contribution >= 4 is 34.7 Å². The standard InChI is InChI=1S/C15H17N3O3S2/c1-9(13-16-5-12(23-13)14(19)20)17-15(21)18-6-11(7-18)4-10-2-3-22-8-10/h2-3,5,8-9,11H,4,6-7H2,1H3,(H,17,21)(H,19,20). The van der Waals surface area contributed by atoms with Crippen LogP contribution in [0.15, 0.2) is 23.0 Å². The minimum absolute atomic E-state index is 0.119. The van der Waals surface area contributed by atoms with Crippen LogP contribution in [0.25, 0.3) is 0 Å². The maximum Gasteiger partial charge on any atom is 0.347 e. The first-order valence-electron chi connectivity index (χ1n) is 7.28. The lowest BCUT2D eigenvalue weighted by Crippen LogP contribution is -2.54. The number of nitrogens with zero attached hydrogens (tertiary/aromatic N) is 2. The van der Waals surface area contributed by atoms with Gasteiger partial charge in [-0.25, -0.2) is 14.6 Å². The number of thiophene rings is 1. The van der Waals surface area contributed by atoms with Gasteiger partial charge in [0.05, 0.1) is 12.2 Å². The summed E-state index contributed by atoms with van der Waals surface area (Å²) in [6.07, 6.45) is 2.34. The summed E-state index contributed by atoms with van der Waals surface area (Å²) >= 11 is 2.78. The second kappa shape index (κ2) is 6.67. The van der Waals surface area contributed by atoms with E-state index in [0.717, 1.165) is 30.8 Å². The average molecular weight is 351 g/mol. The van der Waals surface area contributed by atoms with Gasteiger partial charge in [0.1, 0.15) is 9.88 Å². The molecule has 8 heteroatoms. The number of carbonyl (C=O) groups excluding carboxylic acids is 1. The van der Waals surface area contributed by atoms with E-state index in [2.05, 4.69) is 27.1 Å². The van der Waals surface area contributed by atoms with E-state index in [1.807, 2.05) is 6.92 Å². The van der Waals surface area contributed by atoms with Crippen molar-refractivity contribution in [3.63, 3.8) is 0 Å². The fourth-order valence-corrected chi connectivity index (χ4v) is 3.97. The summed E-state index contributed by atoms with van der Waals surface area (Å²) < 4.78 is 0. The second-order valence-electron chi connectivity index (χ2n) is 5.65. The van der Waals surface area contributed by atoms with E-state index in [9.17, 15) is 9.59 Å². The zero-order chi connectivity index (χ0) is 16.4. The third-order valence-electron chi connectivity index (χ3n) is 3.79. The summed E-state index contributed by atoms with van der Waals surface area (Å²) in [7, 11) is 0. The molecule has 0 radical (unpaired) electrons. The van der Waals surface area contributed by atoms with Gasteiger partial charge in [-0.2, -0.15) is 11.3 Å². The van der Waals surface area contributed by atoms with Crippen molar-refractivity contribution < 1.29 is 14.7 Å². The first-order valence-corrected chi connectivity index (χ1v) is 9.04. The third-order valence-corrected chi connectivity index (χ3v) is 5.69. The number of aromatic nitrogens is 1. The van der Waals surface area contributed by atoms with Gasteiger partial charge in [-0.1, -0.05) is 0 Å². The highest BCUT2D eigenvalue weighted by Gasteiger charge is 2.31. The molecular weight excluding hydrogens is 334 g/mol. The molecule has 2 amide bonds. The van der Waals surface area contributed by atoms with Crippen LogP contribution in [-0.2, 0) is 6.42 Å². The number of carbonyl (C=O) groups is 2. The minimum atomic E-state index is -0.994. The number of nitrogens with one attached hydrogen (secondary N) is 1. The Bertz CT molecular complexity index is 693. The molecule has 1 fully saturated rings. The molecule has 0 aromatic carbocycles. The van der Waals surface area contributed by atoms with E-state index in [-0.39, 0.29) is 17.0 Å². The number of urea groups is 1. The lowest BCUT2D eigenvalue weighted by Gasteiger charge is -2.39. The molecule has 0 aliphatic carbocycles. The van der Waals surface area contributed by atoms with Crippen LogP contribution < -0.4 is 5.32 Å². The van der Waals surface area contributed by atoms with Crippen molar-refractivity contribution in [3.05, 3.63) is 38.5 Å². The Balaban J connectivity index is 1.47. The first-order chi connectivity index (χ1) is 11.0. The Morgan fingerprint density at radius 1 is 1.52 bits per heavy atom. The topological polar surface area (TPSA) is 82.5 Å². The number of hydrogen-bond donors (Lipinski definition) is 2.